The molecular weight excluding hydrogens is 382 g/mol. The van der Waals surface area contributed by atoms with E-state index in [1.54, 1.807) is 6.92 Å². The van der Waals surface area contributed by atoms with E-state index in [0.29, 0.717) is 16.8 Å². The molecular formula is C24H31NO5. The Bertz CT molecular complexity index is 829. The second-order valence-corrected chi connectivity index (χ2v) is 7.96. The van der Waals surface area contributed by atoms with E-state index < -0.39 is 11.9 Å². The Morgan fingerprint density at radius 3 is 1.90 bits per heavy atom. The molecule has 1 heterocycles. The maximum atomic E-state index is 12.2. The lowest BCUT2D eigenvalue weighted by molar-refractivity contribution is -0.147. The summed E-state index contributed by atoms with van der Waals surface area (Å²) in [7, 11) is 0. The molecule has 0 saturated heterocycles. The number of aromatic nitrogens is 1. The summed E-state index contributed by atoms with van der Waals surface area (Å²) < 4.78 is 10.6. The van der Waals surface area contributed by atoms with Gasteiger partial charge in [-0.3, -0.25) is 14.6 Å². The molecule has 30 heavy (non-hydrogen) atoms. The van der Waals surface area contributed by atoms with Gasteiger partial charge in [0.2, 0.25) is 0 Å². The summed E-state index contributed by atoms with van der Waals surface area (Å²) in [6.45, 7) is 9.10. The van der Waals surface area contributed by atoms with Gasteiger partial charge in [-0.25, -0.2) is 0 Å². The van der Waals surface area contributed by atoms with E-state index in [1.807, 2.05) is 27.7 Å². The van der Waals surface area contributed by atoms with Gasteiger partial charge in [0.25, 0.3) is 0 Å². The van der Waals surface area contributed by atoms with Gasteiger partial charge in [-0.1, -0.05) is 27.7 Å². The molecule has 2 unspecified atom stereocenters. The average Bonchev–Trinajstić information content (AvgIpc) is 2.69. The van der Waals surface area contributed by atoms with Crippen LogP contribution in [-0.4, -0.2) is 22.0 Å². The van der Waals surface area contributed by atoms with E-state index in [9.17, 15) is 14.7 Å². The van der Waals surface area contributed by atoms with Crippen molar-refractivity contribution in [3.05, 3.63) is 23.0 Å². The minimum Gasteiger partial charge on any atom is -0.506 e. The third kappa shape index (κ3) is 7.44. The number of pyridine rings is 1. The van der Waals surface area contributed by atoms with Crippen LogP contribution in [0.25, 0.3) is 0 Å². The first-order valence-electron chi connectivity index (χ1n) is 10.00. The van der Waals surface area contributed by atoms with Gasteiger partial charge in [-0.15, -0.1) is 24.7 Å². The molecule has 6 heteroatoms. The quantitative estimate of drug-likeness (QED) is 0.464. The fourth-order valence-electron chi connectivity index (χ4n) is 2.73. The van der Waals surface area contributed by atoms with Crippen LogP contribution in [0.3, 0.4) is 0 Å². The van der Waals surface area contributed by atoms with Gasteiger partial charge in [0.05, 0.1) is 18.5 Å². The Morgan fingerprint density at radius 1 is 1.00 bits per heavy atom. The van der Waals surface area contributed by atoms with Gasteiger partial charge in [0.15, 0.2) is 0 Å². The topological polar surface area (TPSA) is 85.7 Å². The SMILES string of the molecule is C#CC(CC(=O)OCc1cnc(C)c(O)c1COC(=O)CC(C#C)C(C)C)C(C)C. The maximum absolute atomic E-state index is 12.2. The predicted octanol–water partition coefficient (Wildman–Crippen LogP) is 3.77. The fourth-order valence-corrected chi connectivity index (χ4v) is 2.73. The number of aromatic hydroxyl groups is 1. The Kier molecular flexibility index (Phi) is 9.92. The standard InChI is InChI=1S/C24H31NO5/c1-8-18(15(3)4)10-22(26)29-13-20-12-25-17(7)24(28)21(20)14-30-23(27)11-19(9-2)16(5)6/h1-2,12,15-16,18-19,28H,10-11,13-14H2,3-7H3. The second-order valence-electron chi connectivity index (χ2n) is 7.96. The summed E-state index contributed by atoms with van der Waals surface area (Å²) in [5.74, 6) is 4.04. The lowest BCUT2D eigenvalue weighted by Gasteiger charge is -2.17. The maximum Gasteiger partial charge on any atom is 0.307 e. The molecule has 0 spiro atoms. The summed E-state index contributed by atoms with van der Waals surface area (Å²) in [5.41, 5.74) is 1.19. The van der Waals surface area contributed by atoms with E-state index in [0.717, 1.165) is 0 Å². The van der Waals surface area contributed by atoms with Crippen LogP contribution in [0.2, 0.25) is 0 Å². The third-order valence-electron chi connectivity index (χ3n) is 5.01. The third-order valence-corrected chi connectivity index (χ3v) is 5.01. The number of terminal acetylenes is 2. The zero-order valence-electron chi connectivity index (χ0n) is 18.4. The molecule has 0 aliphatic carbocycles. The van der Waals surface area contributed by atoms with Crippen LogP contribution in [0.15, 0.2) is 6.20 Å². The molecule has 0 aromatic carbocycles. The number of rotatable bonds is 10. The zero-order valence-corrected chi connectivity index (χ0v) is 18.4. The highest BCUT2D eigenvalue weighted by atomic mass is 16.5. The highest BCUT2D eigenvalue weighted by molar-refractivity contribution is 5.71. The van der Waals surface area contributed by atoms with Crippen LogP contribution in [-0.2, 0) is 32.3 Å². The Balaban J connectivity index is 2.82. The van der Waals surface area contributed by atoms with E-state index in [2.05, 4.69) is 16.8 Å². The monoisotopic (exact) mass is 413 g/mol. The lowest BCUT2D eigenvalue weighted by atomic mass is 9.93. The van der Waals surface area contributed by atoms with Crippen molar-refractivity contribution in [1.82, 2.24) is 4.98 Å². The normalized spacial score (nSPS) is 12.7. The molecule has 6 nitrogen and oxygen atoms in total. The van der Waals surface area contributed by atoms with E-state index >= 15 is 0 Å². The minimum absolute atomic E-state index is 0.0893. The van der Waals surface area contributed by atoms with Crippen molar-refractivity contribution in [2.75, 3.05) is 0 Å². The molecule has 0 aliphatic rings. The first-order chi connectivity index (χ1) is 14.1. The van der Waals surface area contributed by atoms with Crippen molar-refractivity contribution < 1.29 is 24.2 Å². The number of hydrogen-bond acceptors (Lipinski definition) is 6. The summed E-state index contributed by atoms with van der Waals surface area (Å²) >= 11 is 0. The molecule has 2 atom stereocenters. The number of ether oxygens (including phenoxy) is 2. The largest absolute Gasteiger partial charge is 0.506 e. The number of carbonyl (C=O) groups excluding carboxylic acids is 2. The molecule has 0 saturated carbocycles. The van der Waals surface area contributed by atoms with E-state index in [1.165, 1.54) is 6.20 Å². The summed E-state index contributed by atoms with van der Waals surface area (Å²) in [4.78, 5) is 28.4. The van der Waals surface area contributed by atoms with Gasteiger partial charge in [-0.05, 0) is 18.8 Å². The van der Waals surface area contributed by atoms with Crippen LogP contribution in [0.1, 0.15) is 57.4 Å². The number of nitrogens with zero attached hydrogens (tertiary/aromatic N) is 1. The zero-order chi connectivity index (χ0) is 22.8. The van der Waals surface area contributed by atoms with Crippen LogP contribution in [0.4, 0.5) is 0 Å². The summed E-state index contributed by atoms with van der Waals surface area (Å²) in [6, 6.07) is 0. The molecule has 1 rings (SSSR count). The van der Waals surface area contributed by atoms with Gasteiger partial charge in [0.1, 0.15) is 19.0 Å². The Morgan fingerprint density at radius 2 is 1.47 bits per heavy atom. The molecule has 0 radical (unpaired) electrons. The summed E-state index contributed by atoms with van der Waals surface area (Å²) in [6.07, 6.45) is 12.6. The second kappa shape index (κ2) is 11.9. The van der Waals surface area contributed by atoms with Crippen molar-refractivity contribution in [3.8, 4) is 30.4 Å². The molecule has 162 valence electrons. The van der Waals surface area contributed by atoms with Gasteiger partial charge in [-0.2, -0.15) is 0 Å². The smallest absolute Gasteiger partial charge is 0.307 e. The molecule has 0 amide bonds. The molecule has 1 aromatic rings. The van der Waals surface area contributed by atoms with Crippen LogP contribution in [0.5, 0.6) is 5.75 Å². The van der Waals surface area contributed by atoms with Crippen molar-refractivity contribution in [3.63, 3.8) is 0 Å². The molecule has 0 bridgehead atoms. The van der Waals surface area contributed by atoms with Crippen molar-refractivity contribution in [1.29, 1.82) is 0 Å². The van der Waals surface area contributed by atoms with E-state index in [-0.39, 0.29) is 55.5 Å². The first-order valence-corrected chi connectivity index (χ1v) is 10.00. The first kappa shape index (κ1) is 25.0. The molecule has 1 aromatic heterocycles. The Labute approximate surface area is 179 Å². The number of hydrogen-bond donors (Lipinski definition) is 1. The van der Waals surface area contributed by atoms with Crippen molar-refractivity contribution in [2.45, 2.75) is 60.7 Å². The average molecular weight is 414 g/mol. The number of esters is 2. The molecule has 1 N–H and O–H groups in total. The minimum atomic E-state index is -0.461. The lowest BCUT2D eigenvalue weighted by Crippen LogP contribution is -2.16. The van der Waals surface area contributed by atoms with Gasteiger partial charge < -0.3 is 14.6 Å². The van der Waals surface area contributed by atoms with Crippen LogP contribution < -0.4 is 0 Å². The molecule has 0 fully saturated rings. The highest BCUT2D eigenvalue weighted by Gasteiger charge is 2.20. The van der Waals surface area contributed by atoms with Crippen LogP contribution >= 0.6 is 0 Å². The summed E-state index contributed by atoms with van der Waals surface area (Å²) in [5, 5.41) is 10.4. The van der Waals surface area contributed by atoms with Crippen molar-refractivity contribution >= 4 is 11.9 Å². The Hall–Kier alpha value is -2.99. The highest BCUT2D eigenvalue weighted by Crippen LogP contribution is 2.26. The van der Waals surface area contributed by atoms with Gasteiger partial charge >= 0.3 is 11.9 Å². The van der Waals surface area contributed by atoms with Gasteiger partial charge in [0, 0.05) is 29.2 Å². The number of carbonyl (C=O) groups is 2. The van der Waals surface area contributed by atoms with Crippen LogP contribution in [0, 0.1) is 55.3 Å². The van der Waals surface area contributed by atoms with E-state index in [4.69, 9.17) is 22.3 Å². The molecule has 0 aliphatic heterocycles. The van der Waals surface area contributed by atoms with Crippen molar-refractivity contribution in [2.24, 2.45) is 23.7 Å². The predicted molar refractivity (Wildman–Crippen MR) is 114 cm³/mol. The fraction of sp³-hybridized carbons (Fsp3) is 0.542. The number of aryl methyl sites for hydroxylation is 1.